The first-order valence-corrected chi connectivity index (χ1v) is 10.3. The number of halogens is 1. The average molecular weight is 431 g/mol. The van der Waals surface area contributed by atoms with Gasteiger partial charge in [-0.25, -0.2) is 9.78 Å². The number of carbonyl (C=O) groups excluding carboxylic acids is 1. The van der Waals surface area contributed by atoms with Crippen LogP contribution >= 0.6 is 22.9 Å². The van der Waals surface area contributed by atoms with Crippen LogP contribution in [0.2, 0.25) is 5.02 Å². The molecule has 0 atom stereocenters. The molecule has 6 nitrogen and oxygen atoms in total. The number of nitrogens with zero attached hydrogens (tertiary/aromatic N) is 2. The van der Waals surface area contributed by atoms with Gasteiger partial charge in [0.2, 0.25) is 0 Å². The molecule has 0 radical (unpaired) electrons. The minimum absolute atomic E-state index is 0.0943. The van der Waals surface area contributed by atoms with E-state index < -0.39 is 0 Å². The Kier molecular flexibility index (Phi) is 6.39. The quantitative estimate of drug-likeness (QED) is 0.561. The van der Waals surface area contributed by atoms with Crippen molar-refractivity contribution in [2.45, 2.75) is 32.7 Å². The average Bonchev–Trinajstić information content (AvgIpc) is 3.12. The van der Waals surface area contributed by atoms with E-state index in [1.165, 1.54) is 7.11 Å². The van der Waals surface area contributed by atoms with Gasteiger partial charge in [-0.1, -0.05) is 44.5 Å². The molecular weight excluding hydrogens is 408 g/mol. The second-order valence-corrected chi connectivity index (χ2v) is 8.95. The molecule has 2 heterocycles. The molecule has 0 aliphatic rings. The second-order valence-electron chi connectivity index (χ2n) is 7.43. The lowest BCUT2D eigenvalue weighted by molar-refractivity contribution is 0.251. The Morgan fingerprint density at radius 1 is 1.28 bits per heavy atom. The number of carbonyl (C=O) groups is 1. The standard InChI is InChI=1S/C21H23ClN4O2S/c1-21(2,3)19-26-18(13-6-5-7-14(22)10-13)17(29-19)12-24-20(27)25-15-8-9-23-11-16(15)28-4/h5-11H,12H2,1-4H3,(H2,23,24,25,27). The lowest BCUT2D eigenvalue weighted by Crippen LogP contribution is -2.28. The Labute approximate surface area is 179 Å². The Balaban J connectivity index is 1.81. The summed E-state index contributed by atoms with van der Waals surface area (Å²) in [6.45, 7) is 6.70. The summed E-state index contributed by atoms with van der Waals surface area (Å²) in [4.78, 5) is 22.2. The van der Waals surface area contributed by atoms with Crippen LogP contribution in [-0.4, -0.2) is 23.1 Å². The molecule has 0 saturated heterocycles. The smallest absolute Gasteiger partial charge is 0.319 e. The van der Waals surface area contributed by atoms with Crippen LogP contribution in [0.1, 0.15) is 30.7 Å². The van der Waals surface area contributed by atoms with Crippen LogP contribution in [0.25, 0.3) is 11.3 Å². The van der Waals surface area contributed by atoms with Gasteiger partial charge in [0.1, 0.15) is 0 Å². The monoisotopic (exact) mass is 430 g/mol. The molecular formula is C21H23ClN4O2S. The lowest BCUT2D eigenvalue weighted by atomic mass is 9.98. The molecule has 0 fully saturated rings. The van der Waals surface area contributed by atoms with E-state index >= 15 is 0 Å². The largest absolute Gasteiger partial charge is 0.493 e. The molecule has 2 amide bonds. The van der Waals surface area contributed by atoms with E-state index in [9.17, 15) is 4.79 Å². The third-order valence-corrected chi connectivity index (χ3v) is 5.82. The topological polar surface area (TPSA) is 76.1 Å². The number of ether oxygens (including phenoxy) is 1. The van der Waals surface area contributed by atoms with Gasteiger partial charge in [-0.2, -0.15) is 0 Å². The molecule has 3 rings (SSSR count). The summed E-state index contributed by atoms with van der Waals surface area (Å²) in [7, 11) is 1.53. The van der Waals surface area contributed by atoms with Gasteiger partial charge in [-0.3, -0.25) is 4.98 Å². The number of nitrogens with one attached hydrogen (secondary N) is 2. The van der Waals surface area contributed by atoms with E-state index in [0.29, 0.717) is 23.0 Å². The predicted molar refractivity (Wildman–Crippen MR) is 118 cm³/mol. The fourth-order valence-corrected chi connectivity index (χ4v) is 3.90. The van der Waals surface area contributed by atoms with Gasteiger partial charge >= 0.3 is 6.03 Å². The zero-order valence-corrected chi connectivity index (χ0v) is 18.3. The second kappa shape index (κ2) is 8.80. The van der Waals surface area contributed by atoms with Crippen LogP contribution in [0.5, 0.6) is 5.75 Å². The molecule has 152 valence electrons. The summed E-state index contributed by atoms with van der Waals surface area (Å²) in [6.07, 6.45) is 3.14. The van der Waals surface area contributed by atoms with E-state index in [2.05, 4.69) is 36.4 Å². The van der Waals surface area contributed by atoms with Crippen LogP contribution in [0.3, 0.4) is 0 Å². The number of hydrogen-bond acceptors (Lipinski definition) is 5. The van der Waals surface area contributed by atoms with Crippen LogP contribution in [0.15, 0.2) is 42.7 Å². The van der Waals surface area contributed by atoms with Crippen LogP contribution in [0, 0.1) is 0 Å². The first-order valence-electron chi connectivity index (χ1n) is 9.07. The minimum Gasteiger partial charge on any atom is -0.493 e. The molecule has 2 N–H and O–H groups in total. The Hall–Kier alpha value is -2.64. The number of rotatable bonds is 5. The van der Waals surface area contributed by atoms with Crippen molar-refractivity contribution >= 4 is 34.7 Å². The van der Waals surface area contributed by atoms with Crippen molar-refractivity contribution in [3.05, 3.63) is 57.6 Å². The van der Waals surface area contributed by atoms with Crippen molar-refractivity contribution in [3.63, 3.8) is 0 Å². The van der Waals surface area contributed by atoms with Gasteiger partial charge in [0, 0.05) is 22.2 Å². The third kappa shape index (κ3) is 5.25. The van der Waals surface area contributed by atoms with Gasteiger partial charge < -0.3 is 15.4 Å². The fraction of sp³-hybridized carbons (Fsp3) is 0.286. The maximum atomic E-state index is 12.4. The number of pyridine rings is 1. The van der Waals surface area contributed by atoms with Crippen molar-refractivity contribution in [2.24, 2.45) is 0 Å². The molecule has 0 unspecified atom stereocenters. The number of thiazole rings is 1. The molecule has 1 aromatic carbocycles. The molecule has 0 spiro atoms. The van der Waals surface area contributed by atoms with Gasteiger partial charge in [0.15, 0.2) is 5.75 Å². The maximum absolute atomic E-state index is 12.4. The molecule has 29 heavy (non-hydrogen) atoms. The van der Waals surface area contributed by atoms with Crippen LogP contribution < -0.4 is 15.4 Å². The van der Waals surface area contributed by atoms with Crippen LogP contribution in [0.4, 0.5) is 10.5 Å². The number of anilines is 1. The number of amides is 2. The van der Waals surface area contributed by atoms with E-state index in [-0.39, 0.29) is 11.4 Å². The molecule has 0 aliphatic carbocycles. The SMILES string of the molecule is COc1cnccc1NC(=O)NCc1sc(C(C)(C)C)nc1-c1cccc(Cl)c1. The van der Waals surface area contributed by atoms with Crippen molar-refractivity contribution in [3.8, 4) is 17.0 Å². The third-order valence-electron chi connectivity index (χ3n) is 4.10. The summed E-state index contributed by atoms with van der Waals surface area (Å²) < 4.78 is 5.21. The summed E-state index contributed by atoms with van der Waals surface area (Å²) >= 11 is 7.76. The highest BCUT2D eigenvalue weighted by molar-refractivity contribution is 7.12. The zero-order valence-electron chi connectivity index (χ0n) is 16.7. The van der Waals surface area contributed by atoms with Crippen LogP contribution in [-0.2, 0) is 12.0 Å². The minimum atomic E-state index is -0.336. The van der Waals surface area contributed by atoms with Gasteiger partial charge in [0.25, 0.3) is 0 Å². The summed E-state index contributed by atoms with van der Waals surface area (Å²) in [5.41, 5.74) is 2.22. The highest BCUT2D eigenvalue weighted by atomic mass is 35.5. The van der Waals surface area contributed by atoms with E-state index in [0.717, 1.165) is 21.1 Å². The number of aromatic nitrogens is 2. The van der Waals surface area contributed by atoms with Crippen molar-refractivity contribution in [1.82, 2.24) is 15.3 Å². The van der Waals surface area contributed by atoms with Gasteiger partial charge in [-0.15, -0.1) is 11.3 Å². The normalized spacial score (nSPS) is 11.2. The molecule has 0 saturated carbocycles. The van der Waals surface area contributed by atoms with E-state index in [1.807, 2.05) is 24.3 Å². The van der Waals surface area contributed by atoms with Crippen molar-refractivity contribution < 1.29 is 9.53 Å². The van der Waals surface area contributed by atoms with Gasteiger partial charge in [-0.05, 0) is 18.2 Å². The van der Waals surface area contributed by atoms with E-state index in [4.69, 9.17) is 21.3 Å². The summed E-state index contributed by atoms with van der Waals surface area (Å²) in [5.74, 6) is 0.495. The molecule has 0 aliphatic heterocycles. The molecule has 8 heteroatoms. The number of methoxy groups -OCH3 is 1. The Morgan fingerprint density at radius 2 is 2.07 bits per heavy atom. The number of benzene rings is 1. The molecule has 2 aromatic heterocycles. The maximum Gasteiger partial charge on any atom is 0.319 e. The Bertz CT molecular complexity index is 1010. The molecule has 3 aromatic rings. The highest BCUT2D eigenvalue weighted by Gasteiger charge is 2.22. The lowest BCUT2D eigenvalue weighted by Gasteiger charge is -2.13. The first kappa shape index (κ1) is 21.1. The first-order chi connectivity index (χ1) is 13.8. The predicted octanol–water partition coefficient (Wildman–Crippen LogP) is 5.49. The summed E-state index contributed by atoms with van der Waals surface area (Å²) in [6, 6.07) is 8.92. The summed E-state index contributed by atoms with van der Waals surface area (Å²) in [5, 5.41) is 7.33. The Morgan fingerprint density at radius 3 is 2.76 bits per heavy atom. The highest BCUT2D eigenvalue weighted by Crippen LogP contribution is 2.35. The van der Waals surface area contributed by atoms with Crippen molar-refractivity contribution in [1.29, 1.82) is 0 Å². The van der Waals surface area contributed by atoms with E-state index in [1.54, 1.807) is 29.8 Å². The zero-order chi connectivity index (χ0) is 21.0. The fourth-order valence-electron chi connectivity index (χ4n) is 2.63. The number of urea groups is 1. The molecule has 0 bridgehead atoms. The number of hydrogen-bond donors (Lipinski definition) is 2. The van der Waals surface area contributed by atoms with Crippen molar-refractivity contribution in [2.75, 3.05) is 12.4 Å². The van der Waals surface area contributed by atoms with Gasteiger partial charge in [0.05, 0.1) is 41.1 Å².